The number of primary amides is 1. The highest BCUT2D eigenvalue weighted by Gasteiger charge is 2.11. The quantitative estimate of drug-likeness (QED) is 0.671. The van der Waals surface area contributed by atoms with Crippen LogP contribution in [-0.4, -0.2) is 24.1 Å². The number of hydrogen-bond acceptors (Lipinski definition) is 3. The maximum Gasteiger partial charge on any atom is 0.217 e. The van der Waals surface area contributed by atoms with Crippen LogP contribution >= 0.6 is 23.2 Å². The van der Waals surface area contributed by atoms with Crippen LogP contribution in [0.1, 0.15) is 24.5 Å². The lowest BCUT2D eigenvalue weighted by Gasteiger charge is -2.13. The van der Waals surface area contributed by atoms with Crippen LogP contribution in [0.5, 0.6) is 0 Å². The zero-order chi connectivity index (χ0) is 13.5. The number of halogens is 2. The SMILES string of the molecule is NC(=O)CCCNCC(O)c1cc(Cl)ccc1Cl. The third-order valence-electron chi connectivity index (χ3n) is 2.43. The van der Waals surface area contributed by atoms with Gasteiger partial charge in [-0.1, -0.05) is 23.2 Å². The Balaban J connectivity index is 2.38. The minimum absolute atomic E-state index is 0.324. The van der Waals surface area contributed by atoms with E-state index >= 15 is 0 Å². The fourth-order valence-electron chi connectivity index (χ4n) is 1.51. The van der Waals surface area contributed by atoms with E-state index in [-0.39, 0.29) is 5.91 Å². The highest BCUT2D eigenvalue weighted by Crippen LogP contribution is 2.25. The molecule has 0 aliphatic rings. The van der Waals surface area contributed by atoms with Crippen molar-refractivity contribution >= 4 is 29.1 Å². The van der Waals surface area contributed by atoms with Gasteiger partial charge in [0.15, 0.2) is 0 Å². The summed E-state index contributed by atoms with van der Waals surface area (Å²) in [5, 5.41) is 14.0. The fraction of sp³-hybridized carbons (Fsp3) is 0.417. The Kier molecular flexibility index (Phi) is 6.43. The monoisotopic (exact) mass is 290 g/mol. The predicted molar refractivity (Wildman–Crippen MR) is 72.7 cm³/mol. The van der Waals surface area contributed by atoms with E-state index < -0.39 is 6.10 Å². The van der Waals surface area contributed by atoms with Crippen molar-refractivity contribution < 1.29 is 9.90 Å². The third-order valence-corrected chi connectivity index (χ3v) is 3.01. The maximum absolute atomic E-state index is 10.5. The zero-order valence-corrected chi connectivity index (χ0v) is 11.3. The molecule has 0 aromatic heterocycles. The van der Waals surface area contributed by atoms with Gasteiger partial charge in [0.2, 0.25) is 5.91 Å². The molecule has 6 heteroatoms. The van der Waals surface area contributed by atoms with Gasteiger partial charge >= 0.3 is 0 Å². The average Bonchev–Trinajstić information content (AvgIpc) is 2.31. The van der Waals surface area contributed by atoms with Crippen LogP contribution in [0.15, 0.2) is 18.2 Å². The van der Waals surface area contributed by atoms with Crippen LogP contribution in [-0.2, 0) is 4.79 Å². The molecule has 1 aromatic rings. The van der Waals surface area contributed by atoms with Crippen LogP contribution in [0.4, 0.5) is 0 Å². The molecule has 1 rings (SSSR count). The lowest BCUT2D eigenvalue weighted by molar-refractivity contribution is -0.118. The standard InChI is InChI=1S/C12H16Cl2N2O2/c13-8-3-4-10(14)9(6-8)11(17)7-16-5-1-2-12(15)18/h3-4,6,11,16-17H,1-2,5,7H2,(H2,15,18). The molecule has 0 radical (unpaired) electrons. The summed E-state index contributed by atoms with van der Waals surface area (Å²) in [7, 11) is 0. The molecule has 1 unspecified atom stereocenters. The molecule has 0 bridgehead atoms. The Morgan fingerprint density at radius 2 is 2.17 bits per heavy atom. The molecule has 1 aromatic carbocycles. The van der Waals surface area contributed by atoms with E-state index in [4.69, 9.17) is 28.9 Å². The highest BCUT2D eigenvalue weighted by molar-refractivity contribution is 6.33. The summed E-state index contributed by atoms with van der Waals surface area (Å²) in [5.74, 6) is -0.324. The minimum Gasteiger partial charge on any atom is -0.387 e. The van der Waals surface area contributed by atoms with Gasteiger partial charge in [-0.3, -0.25) is 4.79 Å². The number of benzene rings is 1. The van der Waals surface area contributed by atoms with Gasteiger partial charge in [0.1, 0.15) is 0 Å². The summed E-state index contributed by atoms with van der Waals surface area (Å²) in [6.45, 7) is 0.955. The first kappa shape index (κ1) is 15.2. The molecule has 0 fully saturated rings. The molecule has 0 saturated carbocycles. The second-order valence-electron chi connectivity index (χ2n) is 3.96. The van der Waals surface area contributed by atoms with Crippen molar-refractivity contribution in [2.45, 2.75) is 18.9 Å². The van der Waals surface area contributed by atoms with E-state index in [1.54, 1.807) is 18.2 Å². The second kappa shape index (κ2) is 7.59. The molecule has 0 saturated heterocycles. The number of hydrogen-bond donors (Lipinski definition) is 3. The van der Waals surface area contributed by atoms with E-state index in [9.17, 15) is 9.90 Å². The number of carbonyl (C=O) groups excluding carboxylic acids is 1. The number of nitrogens with one attached hydrogen (secondary N) is 1. The summed E-state index contributed by atoms with van der Waals surface area (Å²) < 4.78 is 0. The molecule has 0 aliphatic carbocycles. The fourth-order valence-corrected chi connectivity index (χ4v) is 1.93. The maximum atomic E-state index is 10.5. The Bertz CT molecular complexity index is 413. The number of aliphatic hydroxyl groups is 1. The van der Waals surface area contributed by atoms with Crippen molar-refractivity contribution in [2.75, 3.05) is 13.1 Å². The van der Waals surface area contributed by atoms with E-state index in [0.29, 0.717) is 41.5 Å². The first-order valence-electron chi connectivity index (χ1n) is 5.62. The largest absolute Gasteiger partial charge is 0.387 e. The molecule has 18 heavy (non-hydrogen) atoms. The van der Waals surface area contributed by atoms with Crippen LogP contribution < -0.4 is 11.1 Å². The normalized spacial score (nSPS) is 12.4. The number of aliphatic hydroxyl groups excluding tert-OH is 1. The summed E-state index contributed by atoms with van der Waals surface area (Å²) in [6.07, 6.45) is 0.247. The zero-order valence-electron chi connectivity index (χ0n) is 9.83. The Hall–Kier alpha value is -0.810. The van der Waals surface area contributed by atoms with Crippen molar-refractivity contribution in [1.29, 1.82) is 0 Å². The molecule has 1 amide bonds. The van der Waals surface area contributed by atoms with Gasteiger partial charge in [-0.25, -0.2) is 0 Å². The van der Waals surface area contributed by atoms with Gasteiger partial charge in [0, 0.05) is 28.6 Å². The van der Waals surface area contributed by atoms with Crippen LogP contribution in [0.25, 0.3) is 0 Å². The molecular formula is C12H16Cl2N2O2. The van der Waals surface area contributed by atoms with E-state index in [0.717, 1.165) is 0 Å². The smallest absolute Gasteiger partial charge is 0.217 e. The molecule has 1 atom stereocenters. The lowest BCUT2D eigenvalue weighted by atomic mass is 10.1. The van der Waals surface area contributed by atoms with Crippen LogP contribution in [0.2, 0.25) is 10.0 Å². The van der Waals surface area contributed by atoms with Crippen molar-refractivity contribution in [3.63, 3.8) is 0 Å². The van der Waals surface area contributed by atoms with Crippen molar-refractivity contribution in [1.82, 2.24) is 5.32 Å². The number of rotatable bonds is 7. The third kappa shape index (κ3) is 5.23. The summed E-state index contributed by atoms with van der Waals surface area (Å²) in [4.78, 5) is 10.5. The summed E-state index contributed by atoms with van der Waals surface area (Å²) in [5.41, 5.74) is 5.60. The Labute approximate surface area is 116 Å². The Morgan fingerprint density at radius 3 is 2.83 bits per heavy atom. The van der Waals surface area contributed by atoms with Gasteiger partial charge in [0.25, 0.3) is 0 Å². The van der Waals surface area contributed by atoms with Crippen LogP contribution in [0.3, 0.4) is 0 Å². The summed E-state index contributed by atoms with van der Waals surface area (Å²) in [6, 6.07) is 4.95. The molecule has 4 N–H and O–H groups in total. The molecule has 0 heterocycles. The molecule has 100 valence electrons. The van der Waals surface area contributed by atoms with E-state index in [2.05, 4.69) is 5.32 Å². The predicted octanol–water partition coefficient (Wildman–Crippen LogP) is 1.88. The first-order valence-corrected chi connectivity index (χ1v) is 6.38. The van der Waals surface area contributed by atoms with Crippen molar-refractivity contribution in [3.05, 3.63) is 33.8 Å². The number of nitrogens with two attached hydrogens (primary N) is 1. The van der Waals surface area contributed by atoms with Gasteiger partial charge in [0.05, 0.1) is 6.10 Å². The van der Waals surface area contributed by atoms with E-state index in [1.807, 2.05) is 0 Å². The second-order valence-corrected chi connectivity index (χ2v) is 4.80. The Morgan fingerprint density at radius 1 is 1.44 bits per heavy atom. The van der Waals surface area contributed by atoms with E-state index in [1.165, 1.54) is 0 Å². The molecule has 4 nitrogen and oxygen atoms in total. The van der Waals surface area contributed by atoms with Gasteiger partial charge in [-0.2, -0.15) is 0 Å². The van der Waals surface area contributed by atoms with Gasteiger partial charge in [-0.15, -0.1) is 0 Å². The minimum atomic E-state index is -0.732. The first-order chi connectivity index (χ1) is 8.50. The topological polar surface area (TPSA) is 75.4 Å². The average molecular weight is 291 g/mol. The van der Waals surface area contributed by atoms with Gasteiger partial charge < -0.3 is 16.2 Å². The molecular weight excluding hydrogens is 275 g/mol. The van der Waals surface area contributed by atoms with Crippen LogP contribution in [0, 0.1) is 0 Å². The van der Waals surface area contributed by atoms with Gasteiger partial charge in [-0.05, 0) is 31.2 Å². The number of carbonyl (C=O) groups is 1. The summed E-state index contributed by atoms with van der Waals surface area (Å²) >= 11 is 11.8. The number of amides is 1. The van der Waals surface area contributed by atoms with Crippen molar-refractivity contribution in [2.24, 2.45) is 5.73 Å². The van der Waals surface area contributed by atoms with Crippen molar-refractivity contribution in [3.8, 4) is 0 Å². The molecule has 0 aliphatic heterocycles. The molecule has 0 spiro atoms. The highest BCUT2D eigenvalue weighted by atomic mass is 35.5. The lowest BCUT2D eigenvalue weighted by Crippen LogP contribution is -2.24.